The molecule has 1 aromatic carbocycles. The number of nitrogens with one attached hydrogen (secondary N) is 2. The highest BCUT2D eigenvalue weighted by Gasteiger charge is 2.54. The number of aliphatic hydroxyl groups is 1. The van der Waals surface area contributed by atoms with E-state index in [1.807, 2.05) is 36.7 Å². The number of aromatic nitrogens is 6. The molecule has 224 valence electrons. The average molecular weight is 586 g/mol. The van der Waals surface area contributed by atoms with Gasteiger partial charge in [0.1, 0.15) is 11.8 Å². The number of pyridine rings is 1. The number of H-pyrrole nitrogens is 2. The van der Waals surface area contributed by atoms with E-state index in [4.69, 9.17) is 14.6 Å². The molecule has 4 fully saturated rings. The molecule has 0 amide bonds. The third-order valence-electron chi connectivity index (χ3n) is 9.65. The SMILES string of the molecule is C=CC1CN2CCC1CC2C(OC)(c1cn(CC2OC(c3c[nH]c(=O)[nH]c3=O)CC2O)nn1)c1ccnc2ccccc12. The zero-order valence-corrected chi connectivity index (χ0v) is 23.9. The van der Waals surface area contributed by atoms with Crippen LogP contribution in [0.25, 0.3) is 10.9 Å². The summed E-state index contributed by atoms with van der Waals surface area (Å²) in [7, 11) is 1.73. The van der Waals surface area contributed by atoms with Crippen molar-refractivity contribution < 1.29 is 14.6 Å². The molecule has 4 aliphatic rings. The van der Waals surface area contributed by atoms with Gasteiger partial charge in [-0.25, -0.2) is 9.48 Å². The summed E-state index contributed by atoms with van der Waals surface area (Å²) in [5.74, 6) is 0.938. The number of aliphatic hydroxyl groups excluding tert-OH is 1. The van der Waals surface area contributed by atoms with Gasteiger partial charge in [0, 0.05) is 49.5 Å². The number of aromatic amines is 2. The predicted octanol–water partition coefficient (Wildman–Crippen LogP) is 1.88. The molecule has 8 atom stereocenters. The zero-order chi connectivity index (χ0) is 29.7. The second-order valence-electron chi connectivity index (χ2n) is 11.8. The van der Waals surface area contributed by atoms with Crippen LogP contribution in [0.1, 0.15) is 42.2 Å². The third-order valence-corrected chi connectivity index (χ3v) is 9.65. The maximum absolute atomic E-state index is 12.3. The highest BCUT2D eigenvalue weighted by atomic mass is 16.5. The number of fused-ring (bicyclic) bond motifs is 4. The summed E-state index contributed by atoms with van der Waals surface area (Å²) < 4.78 is 14.4. The lowest BCUT2D eigenvalue weighted by Crippen LogP contribution is -2.61. The van der Waals surface area contributed by atoms with Crippen molar-refractivity contribution in [1.29, 1.82) is 0 Å². The van der Waals surface area contributed by atoms with Crippen molar-refractivity contribution in [1.82, 2.24) is 34.8 Å². The van der Waals surface area contributed by atoms with Crippen LogP contribution < -0.4 is 11.2 Å². The van der Waals surface area contributed by atoms with Gasteiger partial charge >= 0.3 is 5.69 Å². The number of nitrogens with zero attached hydrogens (tertiary/aromatic N) is 5. The number of hydrogen-bond acceptors (Lipinski definition) is 9. The van der Waals surface area contributed by atoms with Crippen LogP contribution in [0.3, 0.4) is 0 Å². The van der Waals surface area contributed by atoms with Gasteiger partial charge in [-0.1, -0.05) is 29.5 Å². The molecule has 12 heteroatoms. The number of piperidine rings is 3. The van der Waals surface area contributed by atoms with Crippen molar-refractivity contribution in [2.75, 3.05) is 20.2 Å². The van der Waals surface area contributed by atoms with Crippen LogP contribution in [-0.2, 0) is 21.6 Å². The Kier molecular flexibility index (Phi) is 7.08. The molecule has 3 N–H and O–H groups in total. The average Bonchev–Trinajstić information content (AvgIpc) is 3.65. The van der Waals surface area contributed by atoms with Crippen molar-refractivity contribution in [3.63, 3.8) is 0 Å². The monoisotopic (exact) mass is 585 g/mol. The van der Waals surface area contributed by atoms with E-state index in [0.717, 1.165) is 42.4 Å². The fraction of sp³-hybridized carbons (Fsp3) is 0.452. The van der Waals surface area contributed by atoms with Crippen LogP contribution in [0, 0.1) is 11.8 Å². The number of methoxy groups -OCH3 is 1. The standard InChI is InChI=1S/C31H35N7O5/c1-3-18-15-37-11-9-19(18)12-28(37)31(42-2,22-8-10-32-23-7-5-4-6-20(22)23)27-17-38(36-35-27)16-26-24(39)13-25(43-26)21-14-33-30(41)34-29(21)40/h3-8,10,14,17-19,24-26,28,39H,1,9,11-13,15-16H2,2H3,(H2,33,34,40,41). The van der Waals surface area contributed by atoms with Crippen LogP contribution >= 0.6 is 0 Å². The van der Waals surface area contributed by atoms with Gasteiger partial charge in [-0.3, -0.25) is 19.7 Å². The summed E-state index contributed by atoms with van der Waals surface area (Å²) in [5, 5.41) is 21.0. The first kappa shape index (κ1) is 27.8. The molecule has 8 unspecified atom stereocenters. The number of ether oxygens (including phenoxy) is 2. The van der Waals surface area contributed by atoms with Crippen molar-refractivity contribution >= 4 is 10.9 Å². The van der Waals surface area contributed by atoms with Crippen molar-refractivity contribution in [2.24, 2.45) is 11.8 Å². The summed E-state index contributed by atoms with van der Waals surface area (Å²) in [6, 6.07) is 10.1. The van der Waals surface area contributed by atoms with Crippen LogP contribution in [-0.4, -0.2) is 78.4 Å². The first-order chi connectivity index (χ1) is 20.9. The molecule has 4 aromatic rings. The predicted molar refractivity (Wildman–Crippen MR) is 157 cm³/mol. The largest absolute Gasteiger partial charge is 0.390 e. The molecule has 8 rings (SSSR count). The molecule has 3 aromatic heterocycles. The van der Waals surface area contributed by atoms with Crippen molar-refractivity contribution in [3.05, 3.63) is 99.2 Å². The van der Waals surface area contributed by atoms with Crippen LogP contribution in [0.4, 0.5) is 0 Å². The maximum atomic E-state index is 12.3. The highest BCUT2D eigenvalue weighted by Crippen LogP contribution is 2.49. The molecule has 0 radical (unpaired) electrons. The molecule has 4 aliphatic heterocycles. The second-order valence-corrected chi connectivity index (χ2v) is 11.8. The van der Waals surface area contributed by atoms with Crippen molar-refractivity contribution in [3.8, 4) is 0 Å². The fourth-order valence-electron chi connectivity index (χ4n) is 7.51. The van der Waals surface area contributed by atoms with Gasteiger partial charge in [0.2, 0.25) is 0 Å². The normalized spacial score (nSPS) is 30.0. The van der Waals surface area contributed by atoms with E-state index < -0.39 is 35.2 Å². The summed E-state index contributed by atoms with van der Waals surface area (Å²) >= 11 is 0. The smallest absolute Gasteiger partial charge is 0.325 e. The molecule has 0 spiro atoms. The number of benzene rings is 1. The van der Waals surface area contributed by atoms with Crippen molar-refractivity contribution in [2.45, 2.75) is 55.8 Å². The molecule has 4 saturated heterocycles. The Bertz CT molecular complexity index is 1760. The quantitative estimate of drug-likeness (QED) is 0.263. The van der Waals surface area contributed by atoms with Crippen LogP contribution in [0.15, 0.2) is 71.2 Å². The molecule has 7 heterocycles. The molecular weight excluding hydrogens is 550 g/mol. The number of rotatable bonds is 8. The van der Waals surface area contributed by atoms with Gasteiger partial charge in [0.25, 0.3) is 5.56 Å². The second kappa shape index (κ2) is 10.9. The fourth-order valence-corrected chi connectivity index (χ4v) is 7.51. The minimum Gasteiger partial charge on any atom is -0.390 e. The van der Waals surface area contributed by atoms with E-state index in [-0.39, 0.29) is 24.6 Å². The first-order valence-corrected chi connectivity index (χ1v) is 14.7. The summed E-state index contributed by atoms with van der Waals surface area (Å²) in [5.41, 5.74) is 0.726. The van der Waals surface area contributed by atoms with Crippen LogP contribution in [0.2, 0.25) is 0 Å². The topological polar surface area (TPSA) is 151 Å². The Morgan fingerprint density at radius 3 is 2.88 bits per heavy atom. The van der Waals surface area contributed by atoms with E-state index in [2.05, 4.69) is 43.8 Å². The van der Waals surface area contributed by atoms with Gasteiger partial charge in [-0.15, -0.1) is 11.7 Å². The minimum absolute atomic E-state index is 0.00747. The summed E-state index contributed by atoms with van der Waals surface area (Å²) in [4.78, 5) is 35.6. The van der Waals surface area contributed by atoms with E-state index >= 15 is 0 Å². The lowest BCUT2D eigenvalue weighted by atomic mass is 9.68. The Morgan fingerprint density at radius 2 is 2.12 bits per heavy atom. The van der Waals surface area contributed by atoms with Gasteiger partial charge < -0.3 is 19.6 Å². The maximum Gasteiger partial charge on any atom is 0.325 e. The molecule has 0 aliphatic carbocycles. The molecular formula is C31H35N7O5. The summed E-state index contributed by atoms with van der Waals surface area (Å²) in [6.07, 6.45) is 7.25. The van der Waals surface area contributed by atoms with Crippen LogP contribution in [0.5, 0.6) is 0 Å². The Labute approximate surface area is 247 Å². The Balaban J connectivity index is 1.25. The minimum atomic E-state index is -0.938. The van der Waals surface area contributed by atoms with Gasteiger partial charge in [-0.2, -0.15) is 0 Å². The lowest BCUT2D eigenvalue weighted by molar-refractivity contribution is -0.108. The molecule has 43 heavy (non-hydrogen) atoms. The highest BCUT2D eigenvalue weighted by molar-refractivity contribution is 5.83. The summed E-state index contributed by atoms with van der Waals surface area (Å²) in [6.45, 7) is 6.20. The molecule has 2 bridgehead atoms. The first-order valence-electron chi connectivity index (χ1n) is 14.7. The lowest BCUT2D eigenvalue weighted by Gasteiger charge is -2.55. The van der Waals surface area contributed by atoms with Gasteiger partial charge in [0.15, 0.2) is 5.60 Å². The zero-order valence-electron chi connectivity index (χ0n) is 23.9. The number of para-hydroxylation sites is 1. The Morgan fingerprint density at radius 1 is 1.26 bits per heavy atom. The molecule has 12 nitrogen and oxygen atoms in total. The number of hydrogen-bond donors (Lipinski definition) is 3. The van der Waals surface area contributed by atoms with Gasteiger partial charge in [-0.05, 0) is 43.4 Å². The van der Waals surface area contributed by atoms with E-state index in [9.17, 15) is 14.7 Å². The van der Waals surface area contributed by atoms with E-state index in [0.29, 0.717) is 17.5 Å². The van der Waals surface area contributed by atoms with E-state index in [1.165, 1.54) is 6.20 Å². The van der Waals surface area contributed by atoms with Gasteiger partial charge in [0.05, 0.1) is 36.0 Å². The third kappa shape index (κ3) is 4.65. The Hall–Kier alpha value is -3.97. The molecule has 0 saturated carbocycles. The van der Waals surface area contributed by atoms with E-state index in [1.54, 1.807) is 11.8 Å².